The number of hydrazine groups is 1. The number of carbonyl (C=O) groups is 1. The summed E-state index contributed by atoms with van der Waals surface area (Å²) < 4.78 is 29.0. The Bertz CT molecular complexity index is 1340. The largest absolute Gasteiger partial charge is 0.507 e. The second kappa shape index (κ2) is 13.0. The number of aliphatic hydroxyl groups is 1. The van der Waals surface area contributed by atoms with Crippen molar-refractivity contribution in [3.63, 3.8) is 0 Å². The zero-order valence-corrected chi connectivity index (χ0v) is 22.7. The van der Waals surface area contributed by atoms with Gasteiger partial charge in [-0.25, -0.2) is 8.42 Å². The number of amides is 1. The van der Waals surface area contributed by atoms with Crippen LogP contribution in [0.1, 0.15) is 47.5 Å². The maximum absolute atomic E-state index is 12.4. The minimum absolute atomic E-state index is 0.00286. The minimum Gasteiger partial charge on any atom is -0.507 e. The summed E-state index contributed by atoms with van der Waals surface area (Å²) in [5.41, 5.74) is 8.24. The van der Waals surface area contributed by atoms with Gasteiger partial charge in [-0.2, -0.15) is 0 Å². The average Bonchev–Trinajstić information content (AvgIpc) is 2.94. The van der Waals surface area contributed by atoms with Crippen LogP contribution in [0, 0.1) is 0 Å². The Hall–Kier alpha value is -3.60. The number of nitrogens with one attached hydrogen (secondary N) is 3. The van der Waals surface area contributed by atoms with E-state index < -0.39 is 15.9 Å². The fourth-order valence-electron chi connectivity index (χ4n) is 4.70. The number of anilines is 1. The molecule has 0 saturated heterocycles. The van der Waals surface area contributed by atoms with Gasteiger partial charge in [0.15, 0.2) is 9.84 Å². The van der Waals surface area contributed by atoms with Crippen LogP contribution < -0.4 is 20.9 Å². The van der Waals surface area contributed by atoms with Crippen LogP contribution in [-0.2, 0) is 9.84 Å². The summed E-state index contributed by atoms with van der Waals surface area (Å²) in [7, 11) is -3.59. The second-order valence-electron chi connectivity index (χ2n) is 9.89. The second-order valence-corrected chi connectivity index (χ2v) is 11.9. The van der Waals surface area contributed by atoms with E-state index in [1.54, 1.807) is 0 Å². The van der Waals surface area contributed by atoms with Crippen molar-refractivity contribution < 1.29 is 28.2 Å². The fourth-order valence-corrected chi connectivity index (χ4v) is 5.47. The van der Waals surface area contributed by atoms with Crippen LogP contribution >= 0.6 is 0 Å². The summed E-state index contributed by atoms with van der Waals surface area (Å²) in [4.78, 5) is 12.2. The number of rotatable bonds is 11. The van der Waals surface area contributed by atoms with Crippen LogP contribution in [0.4, 0.5) is 5.69 Å². The Morgan fingerprint density at radius 2 is 1.69 bits per heavy atom. The van der Waals surface area contributed by atoms with Crippen molar-refractivity contribution in [2.75, 3.05) is 24.8 Å². The van der Waals surface area contributed by atoms with Crippen molar-refractivity contribution in [3.8, 4) is 11.5 Å². The highest BCUT2D eigenvalue weighted by atomic mass is 32.2. The van der Waals surface area contributed by atoms with Crippen molar-refractivity contribution >= 4 is 21.4 Å². The Labute approximate surface area is 229 Å². The molecule has 1 aliphatic carbocycles. The molecule has 5 N–H and O–H groups in total. The number of ether oxygens (including phenoxy) is 1. The lowest BCUT2D eigenvalue weighted by molar-refractivity contribution is 0.0962. The van der Waals surface area contributed by atoms with E-state index in [-0.39, 0.29) is 35.0 Å². The Balaban J connectivity index is 1.17. The highest BCUT2D eigenvalue weighted by molar-refractivity contribution is 7.90. The first-order valence-corrected chi connectivity index (χ1v) is 14.9. The van der Waals surface area contributed by atoms with Crippen LogP contribution in [-0.4, -0.2) is 56.1 Å². The topological polar surface area (TPSA) is 137 Å². The third kappa shape index (κ3) is 8.19. The summed E-state index contributed by atoms with van der Waals surface area (Å²) >= 11 is 0. The van der Waals surface area contributed by atoms with E-state index in [0.29, 0.717) is 18.0 Å². The van der Waals surface area contributed by atoms with Gasteiger partial charge in [0.25, 0.3) is 5.91 Å². The van der Waals surface area contributed by atoms with Crippen LogP contribution in [0.5, 0.6) is 11.5 Å². The number of carbonyl (C=O) groups excluding carboxylic acids is 1. The lowest BCUT2D eigenvalue weighted by Gasteiger charge is -2.30. The molecule has 39 heavy (non-hydrogen) atoms. The Kier molecular flexibility index (Phi) is 9.45. The van der Waals surface area contributed by atoms with Gasteiger partial charge < -0.3 is 20.3 Å². The third-order valence-electron chi connectivity index (χ3n) is 6.88. The van der Waals surface area contributed by atoms with Crippen LogP contribution in [0.25, 0.3) is 0 Å². The van der Waals surface area contributed by atoms with Crippen molar-refractivity contribution in [3.05, 3.63) is 83.9 Å². The molecule has 3 aromatic rings. The molecule has 0 radical (unpaired) electrons. The van der Waals surface area contributed by atoms with Gasteiger partial charge in [0.1, 0.15) is 29.1 Å². The highest BCUT2D eigenvalue weighted by Gasteiger charge is 2.23. The molecule has 1 fully saturated rings. The van der Waals surface area contributed by atoms with Crippen LogP contribution in [0.15, 0.2) is 77.7 Å². The van der Waals surface area contributed by atoms with Crippen LogP contribution in [0.3, 0.4) is 0 Å². The molecule has 0 aliphatic heterocycles. The number of aromatic hydroxyl groups is 1. The summed E-state index contributed by atoms with van der Waals surface area (Å²) in [5.74, 6) is 0.167. The van der Waals surface area contributed by atoms with E-state index in [2.05, 4.69) is 16.2 Å². The van der Waals surface area contributed by atoms with Gasteiger partial charge in [-0.3, -0.25) is 15.6 Å². The number of phenols is 1. The fraction of sp³-hybridized carbons (Fsp3) is 0.345. The standard InChI is InChI=1S/C29H35N3O6S/c1-39(36,37)28-17-26(15-16-27(28)34)38-19-25(33)18-30-23-13-11-21(12-14-23)20-7-9-22(10-8-20)29(35)32-31-24-5-3-2-4-6-24/h2-10,15-17,21,23,25,30-31,33-34H,11-14,18-19H2,1H3,(H,32,35). The molecule has 4 rings (SSSR count). The molecule has 1 unspecified atom stereocenters. The van der Waals surface area contributed by atoms with Gasteiger partial charge in [-0.1, -0.05) is 30.3 Å². The first kappa shape index (κ1) is 28.4. The lowest BCUT2D eigenvalue weighted by Crippen LogP contribution is -2.39. The van der Waals surface area contributed by atoms with Gasteiger partial charge in [0, 0.05) is 30.5 Å². The molecule has 1 amide bonds. The minimum atomic E-state index is -3.59. The van der Waals surface area contributed by atoms with Gasteiger partial charge in [-0.05, 0) is 73.6 Å². The smallest absolute Gasteiger partial charge is 0.269 e. The average molecular weight is 554 g/mol. The molecule has 1 atom stereocenters. The first-order chi connectivity index (χ1) is 18.7. The predicted molar refractivity (Wildman–Crippen MR) is 150 cm³/mol. The number of para-hydroxylation sites is 1. The third-order valence-corrected chi connectivity index (χ3v) is 8.01. The van der Waals surface area contributed by atoms with Gasteiger partial charge in [0.05, 0.1) is 5.69 Å². The van der Waals surface area contributed by atoms with Gasteiger partial charge in [-0.15, -0.1) is 0 Å². The van der Waals surface area contributed by atoms with E-state index in [4.69, 9.17) is 4.74 Å². The molecule has 1 aliphatic rings. The monoisotopic (exact) mass is 553 g/mol. The molecular weight excluding hydrogens is 518 g/mol. The number of hydrogen-bond acceptors (Lipinski definition) is 8. The zero-order valence-electron chi connectivity index (χ0n) is 21.8. The van der Waals surface area contributed by atoms with Gasteiger partial charge >= 0.3 is 0 Å². The van der Waals surface area contributed by atoms with E-state index >= 15 is 0 Å². The van der Waals surface area contributed by atoms with Gasteiger partial charge in [0.2, 0.25) is 0 Å². The Morgan fingerprint density at radius 1 is 1.00 bits per heavy atom. The summed E-state index contributed by atoms with van der Waals surface area (Å²) in [6.45, 7) is 0.351. The van der Waals surface area contributed by atoms with Crippen molar-refractivity contribution in [1.82, 2.24) is 10.7 Å². The molecular formula is C29H35N3O6S. The summed E-state index contributed by atoms with van der Waals surface area (Å²) in [5, 5.41) is 23.5. The Morgan fingerprint density at radius 3 is 2.36 bits per heavy atom. The normalized spacial score (nSPS) is 18.2. The number of benzene rings is 3. The number of aliphatic hydroxyl groups excluding tert-OH is 1. The molecule has 0 heterocycles. The first-order valence-electron chi connectivity index (χ1n) is 13.0. The van der Waals surface area contributed by atoms with Crippen LogP contribution in [0.2, 0.25) is 0 Å². The molecule has 0 bridgehead atoms. The van der Waals surface area contributed by atoms with Crippen molar-refractivity contribution in [1.29, 1.82) is 0 Å². The molecule has 9 nitrogen and oxygen atoms in total. The maximum Gasteiger partial charge on any atom is 0.269 e. The number of hydrogen-bond donors (Lipinski definition) is 5. The molecule has 3 aromatic carbocycles. The highest BCUT2D eigenvalue weighted by Crippen LogP contribution is 2.33. The zero-order chi connectivity index (χ0) is 27.8. The summed E-state index contributed by atoms with van der Waals surface area (Å²) in [6, 6.07) is 21.5. The van der Waals surface area contributed by atoms with E-state index in [0.717, 1.165) is 37.6 Å². The molecule has 10 heteroatoms. The lowest BCUT2D eigenvalue weighted by atomic mass is 9.81. The predicted octanol–water partition coefficient (Wildman–Crippen LogP) is 3.61. The van der Waals surface area contributed by atoms with E-state index in [9.17, 15) is 23.4 Å². The quantitative estimate of drug-likeness (QED) is 0.227. The molecule has 0 spiro atoms. The van der Waals surface area contributed by atoms with Crippen molar-refractivity contribution in [2.24, 2.45) is 0 Å². The maximum atomic E-state index is 12.4. The SMILES string of the molecule is CS(=O)(=O)c1cc(OCC(O)CNC2CCC(c3ccc(C(=O)NNc4ccccc4)cc3)CC2)ccc1O. The number of sulfone groups is 1. The number of phenolic OH excluding ortho intramolecular Hbond substituents is 1. The summed E-state index contributed by atoms with van der Waals surface area (Å²) in [6.07, 6.45) is 4.20. The molecule has 1 saturated carbocycles. The van der Waals surface area contributed by atoms with Crippen molar-refractivity contribution in [2.45, 2.75) is 48.6 Å². The van der Waals surface area contributed by atoms with E-state index in [1.807, 2.05) is 54.6 Å². The van der Waals surface area contributed by atoms with E-state index in [1.165, 1.54) is 23.8 Å². The molecule has 0 aromatic heterocycles. The molecule has 208 valence electrons.